The van der Waals surface area contributed by atoms with E-state index in [0.29, 0.717) is 18.0 Å². The highest BCUT2D eigenvalue weighted by Crippen LogP contribution is 2.12. The summed E-state index contributed by atoms with van der Waals surface area (Å²) in [4.78, 5) is 2.11. The van der Waals surface area contributed by atoms with Crippen LogP contribution in [0.4, 0.5) is 4.39 Å². The van der Waals surface area contributed by atoms with Gasteiger partial charge >= 0.3 is 0 Å². The Labute approximate surface area is 107 Å². The normalized spacial score (nSPS) is 12.4. The highest BCUT2D eigenvalue weighted by molar-refractivity contribution is 5.97. The number of hydrogen-bond donors (Lipinski definition) is 2. The Morgan fingerprint density at radius 2 is 2.11 bits per heavy atom. The predicted molar refractivity (Wildman–Crippen MR) is 70.1 cm³/mol. The molecule has 0 bridgehead atoms. The van der Waals surface area contributed by atoms with Crippen LogP contribution in [0.15, 0.2) is 23.4 Å². The molecule has 0 aliphatic carbocycles. The van der Waals surface area contributed by atoms with Crippen molar-refractivity contribution < 1.29 is 9.60 Å². The van der Waals surface area contributed by atoms with Crippen molar-refractivity contribution in [2.45, 2.75) is 20.4 Å². The molecule has 0 saturated carbocycles. The molecule has 0 amide bonds. The van der Waals surface area contributed by atoms with Gasteiger partial charge in [-0.15, -0.1) is 0 Å². The summed E-state index contributed by atoms with van der Waals surface area (Å²) in [7, 11) is 1.98. The third kappa shape index (κ3) is 4.33. The maximum atomic E-state index is 13.4. The fraction of sp³-hybridized carbons (Fsp3) is 0.462. The zero-order valence-corrected chi connectivity index (χ0v) is 11.0. The number of benzene rings is 1. The number of nitrogens with two attached hydrogens (primary N) is 1. The van der Waals surface area contributed by atoms with Crippen molar-refractivity contribution in [3.8, 4) is 0 Å². The molecular weight excluding hydrogens is 233 g/mol. The summed E-state index contributed by atoms with van der Waals surface area (Å²) in [5, 5.41) is 11.5. The van der Waals surface area contributed by atoms with Crippen molar-refractivity contribution in [1.82, 2.24) is 4.90 Å². The van der Waals surface area contributed by atoms with Crippen molar-refractivity contribution in [1.29, 1.82) is 0 Å². The van der Waals surface area contributed by atoms with Crippen molar-refractivity contribution in [3.63, 3.8) is 0 Å². The van der Waals surface area contributed by atoms with Gasteiger partial charge in [-0.25, -0.2) is 4.39 Å². The van der Waals surface area contributed by atoms with E-state index in [9.17, 15) is 4.39 Å². The molecule has 0 atom stereocenters. The molecule has 0 unspecified atom stereocenters. The Morgan fingerprint density at radius 3 is 2.67 bits per heavy atom. The fourth-order valence-electron chi connectivity index (χ4n) is 1.95. The zero-order chi connectivity index (χ0) is 13.7. The lowest BCUT2D eigenvalue weighted by molar-refractivity contribution is 0.288. The molecule has 3 N–H and O–H groups in total. The lowest BCUT2D eigenvalue weighted by Crippen LogP contribution is -2.23. The molecule has 0 aliphatic rings. The number of hydrogen-bond acceptors (Lipinski definition) is 3. The van der Waals surface area contributed by atoms with Crippen LogP contribution in [0, 0.1) is 11.7 Å². The number of halogens is 1. The van der Waals surface area contributed by atoms with Crippen molar-refractivity contribution >= 4 is 5.84 Å². The van der Waals surface area contributed by atoms with Gasteiger partial charge in [0.1, 0.15) is 5.82 Å². The minimum Gasteiger partial charge on any atom is -0.409 e. The van der Waals surface area contributed by atoms with E-state index in [4.69, 9.17) is 10.9 Å². The summed E-state index contributed by atoms with van der Waals surface area (Å²) in [6.45, 7) is 5.81. The van der Waals surface area contributed by atoms with Crippen LogP contribution >= 0.6 is 0 Å². The van der Waals surface area contributed by atoms with Gasteiger partial charge in [-0.05, 0) is 36.7 Å². The average Bonchev–Trinajstić information content (AvgIpc) is 2.25. The summed E-state index contributed by atoms with van der Waals surface area (Å²) in [6.07, 6.45) is 0. The predicted octanol–water partition coefficient (Wildman–Crippen LogP) is 2.01. The van der Waals surface area contributed by atoms with E-state index in [1.165, 1.54) is 12.1 Å². The molecule has 1 aromatic carbocycles. The fourth-order valence-corrected chi connectivity index (χ4v) is 1.95. The molecule has 18 heavy (non-hydrogen) atoms. The number of nitrogens with zero attached hydrogens (tertiary/aromatic N) is 2. The zero-order valence-electron chi connectivity index (χ0n) is 11.0. The summed E-state index contributed by atoms with van der Waals surface area (Å²) in [6, 6.07) is 4.45. The Kier molecular flexibility index (Phi) is 5.09. The first-order valence-corrected chi connectivity index (χ1v) is 5.88. The Hall–Kier alpha value is -1.62. The molecule has 0 aliphatic heterocycles. The van der Waals surface area contributed by atoms with Gasteiger partial charge in [0.25, 0.3) is 0 Å². The van der Waals surface area contributed by atoms with Crippen LogP contribution in [-0.2, 0) is 6.54 Å². The quantitative estimate of drug-likeness (QED) is 0.365. The van der Waals surface area contributed by atoms with Crippen molar-refractivity contribution in [3.05, 3.63) is 35.1 Å². The maximum absolute atomic E-state index is 13.4. The van der Waals surface area contributed by atoms with E-state index in [0.717, 1.165) is 12.1 Å². The first kappa shape index (κ1) is 14.4. The lowest BCUT2D eigenvalue weighted by Gasteiger charge is -2.19. The molecule has 0 radical (unpaired) electrons. The van der Waals surface area contributed by atoms with Crippen LogP contribution in [0.3, 0.4) is 0 Å². The Bertz CT molecular complexity index is 432. The molecular formula is C13H20FN3O. The van der Waals surface area contributed by atoms with Gasteiger partial charge in [-0.2, -0.15) is 0 Å². The van der Waals surface area contributed by atoms with Crippen LogP contribution in [0.2, 0.25) is 0 Å². The van der Waals surface area contributed by atoms with Crippen LogP contribution < -0.4 is 5.73 Å². The summed E-state index contributed by atoms with van der Waals surface area (Å²) in [5.74, 6) is 0.0846. The number of rotatable bonds is 5. The second-order valence-electron chi connectivity index (χ2n) is 4.92. The number of oxime groups is 1. The monoisotopic (exact) mass is 253 g/mol. The Balaban J connectivity index is 2.86. The van der Waals surface area contributed by atoms with Crippen molar-refractivity contribution in [2.75, 3.05) is 13.6 Å². The van der Waals surface area contributed by atoms with E-state index in [1.807, 2.05) is 7.05 Å². The topological polar surface area (TPSA) is 61.8 Å². The number of amidine groups is 1. The molecule has 1 aromatic rings. The van der Waals surface area contributed by atoms with Crippen LogP contribution in [-0.4, -0.2) is 29.5 Å². The van der Waals surface area contributed by atoms with Gasteiger partial charge < -0.3 is 15.8 Å². The van der Waals surface area contributed by atoms with E-state index < -0.39 is 0 Å². The van der Waals surface area contributed by atoms with E-state index in [-0.39, 0.29) is 11.7 Å². The van der Waals surface area contributed by atoms with Gasteiger partial charge in [-0.3, -0.25) is 0 Å². The minimum atomic E-state index is -0.382. The van der Waals surface area contributed by atoms with Crippen molar-refractivity contribution in [2.24, 2.45) is 16.8 Å². The van der Waals surface area contributed by atoms with Gasteiger partial charge in [0, 0.05) is 18.7 Å². The molecule has 0 fully saturated rings. The molecule has 0 aromatic heterocycles. The summed E-state index contributed by atoms with van der Waals surface area (Å²) >= 11 is 0. The highest BCUT2D eigenvalue weighted by Gasteiger charge is 2.08. The first-order chi connectivity index (χ1) is 8.42. The molecule has 5 heteroatoms. The second kappa shape index (κ2) is 6.35. The molecule has 0 saturated heterocycles. The maximum Gasteiger partial charge on any atom is 0.170 e. The average molecular weight is 253 g/mol. The smallest absolute Gasteiger partial charge is 0.170 e. The lowest BCUT2D eigenvalue weighted by atomic mass is 10.1. The van der Waals surface area contributed by atoms with E-state index in [1.54, 1.807) is 6.07 Å². The van der Waals surface area contributed by atoms with Crippen LogP contribution in [0.5, 0.6) is 0 Å². The molecule has 0 spiro atoms. The first-order valence-electron chi connectivity index (χ1n) is 5.88. The SMILES string of the molecule is CC(C)CN(C)Cc1cc(F)cc(/C(N)=N/O)c1. The van der Waals surface area contributed by atoms with Crippen LogP contribution in [0.1, 0.15) is 25.0 Å². The van der Waals surface area contributed by atoms with Gasteiger partial charge in [0.15, 0.2) is 5.84 Å². The molecule has 1 rings (SSSR count). The highest BCUT2D eigenvalue weighted by atomic mass is 19.1. The Morgan fingerprint density at radius 1 is 1.44 bits per heavy atom. The third-order valence-electron chi connectivity index (χ3n) is 2.49. The molecule has 0 heterocycles. The standard InChI is InChI=1S/C13H20FN3O/c1-9(2)7-17(3)8-10-4-11(13(15)16-18)6-12(14)5-10/h4-6,9,18H,7-8H2,1-3H3,(H2,15,16). The third-order valence-corrected chi connectivity index (χ3v) is 2.49. The van der Waals surface area contributed by atoms with Gasteiger partial charge in [0.2, 0.25) is 0 Å². The van der Waals surface area contributed by atoms with Gasteiger partial charge in [-0.1, -0.05) is 19.0 Å². The summed E-state index contributed by atoms with van der Waals surface area (Å²) in [5.41, 5.74) is 6.66. The second-order valence-corrected chi connectivity index (χ2v) is 4.92. The molecule has 100 valence electrons. The van der Waals surface area contributed by atoms with Crippen LogP contribution in [0.25, 0.3) is 0 Å². The van der Waals surface area contributed by atoms with E-state index >= 15 is 0 Å². The summed E-state index contributed by atoms with van der Waals surface area (Å²) < 4.78 is 13.4. The molecule has 4 nitrogen and oxygen atoms in total. The minimum absolute atomic E-state index is 0.0812. The van der Waals surface area contributed by atoms with E-state index in [2.05, 4.69) is 23.9 Å². The van der Waals surface area contributed by atoms with Gasteiger partial charge in [0.05, 0.1) is 0 Å². The largest absolute Gasteiger partial charge is 0.409 e.